The SMILES string of the molecule is CCCCCCCC/C=C\CCCCCC(=O)NC(COP(=O)([O-])OCC[N+](C)(C)C)C(/C=C/CCCCCCCCCCCCC)OC(=O)CCCCCCCCCCCCCCC. The summed E-state index contributed by atoms with van der Waals surface area (Å²) in [6.45, 7) is 6.83. The Bertz CT molecular complexity index is 1170. The van der Waals surface area contributed by atoms with Gasteiger partial charge in [-0.15, -0.1) is 0 Å². The molecule has 0 bridgehead atoms. The van der Waals surface area contributed by atoms with Gasteiger partial charge in [0.2, 0.25) is 5.91 Å². The third-order valence-electron chi connectivity index (χ3n) is 12.4. The van der Waals surface area contributed by atoms with Crippen molar-refractivity contribution in [2.75, 3.05) is 40.9 Å². The van der Waals surface area contributed by atoms with Gasteiger partial charge in [-0.2, -0.15) is 0 Å². The lowest BCUT2D eigenvalue weighted by Crippen LogP contribution is -2.47. The van der Waals surface area contributed by atoms with Crippen molar-refractivity contribution in [1.82, 2.24) is 5.32 Å². The van der Waals surface area contributed by atoms with Crippen molar-refractivity contribution in [2.24, 2.45) is 0 Å². The molecule has 0 aromatic carbocycles. The van der Waals surface area contributed by atoms with Crippen molar-refractivity contribution in [1.29, 1.82) is 0 Å². The van der Waals surface area contributed by atoms with Crippen molar-refractivity contribution in [3.05, 3.63) is 24.3 Å². The number of carbonyl (C=O) groups is 2. The molecule has 9 nitrogen and oxygen atoms in total. The minimum absolute atomic E-state index is 0.0219. The highest BCUT2D eigenvalue weighted by molar-refractivity contribution is 7.45. The van der Waals surface area contributed by atoms with Gasteiger partial charge in [-0.3, -0.25) is 14.2 Å². The number of hydrogen-bond donors (Lipinski definition) is 1. The highest BCUT2D eigenvalue weighted by atomic mass is 31.2. The number of allylic oxidation sites excluding steroid dienone is 3. The third kappa shape index (κ3) is 47.4. The first kappa shape index (κ1) is 63.5. The molecule has 0 saturated heterocycles. The van der Waals surface area contributed by atoms with Crippen molar-refractivity contribution < 1.29 is 37.3 Å². The van der Waals surface area contributed by atoms with Crippen LogP contribution in [0.5, 0.6) is 0 Å². The van der Waals surface area contributed by atoms with Gasteiger partial charge in [-0.25, -0.2) is 0 Å². The van der Waals surface area contributed by atoms with E-state index in [4.69, 9.17) is 13.8 Å². The number of phosphoric ester groups is 1. The Hall–Kier alpha value is -1.51. The molecular formula is C55H107N2O7P. The maximum Gasteiger partial charge on any atom is 0.306 e. The van der Waals surface area contributed by atoms with E-state index in [0.29, 0.717) is 17.4 Å². The van der Waals surface area contributed by atoms with E-state index in [1.165, 1.54) is 161 Å². The Labute approximate surface area is 403 Å². The van der Waals surface area contributed by atoms with Crippen molar-refractivity contribution in [3.63, 3.8) is 0 Å². The molecule has 0 aromatic heterocycles. The number of esters is 1. The second-order valence-corrected chi connectivity index (χ2v) is 21.5. The lowest BCUT2D eigenvalue weighted by Gasteiger charge is -2.30. The number of unbranched alkanes of at least 4 members (excludes halogenated alkanes) is 32. The van der Waals surface area contributed by atoms with Crippen LogP contribution >= 0.6 is 7.82 Å². The van der Waals surface area contributed by atoms with Crippen LogP contribution in [0.2, 0.25) is 0 Å². The minimum atomic E-state index is -4.69. The summed E-state index contributed by atoms with van der Waals surface area (Å²) in [4.78, 5) is 39.7. The molecule has 0 aliphatic carbocycles. The van der Waals surface area contributed by atoms with Gasteiger partial charge in [0.05, 0.1) is 33.8 Å². The summed E-state index contributed by atoms with van der Waals surface area (Å²) < 4.78 is 30.2. The highest BCUT2D eigenvalue weighted by Gasteiger charge is 2.27. The summed E-state index contributed by atoms with van der Waals surface area (Å²) in [7, 11) is 1.19. The smallest absolute Gasteiger partial charge is 0.306 e. The number of likely N-dealkylation sites (N-methyl/N-ethyl adjacent to an activating group) is 1. The summed E-state index contributed by atoms with van der Waals surface area (Å²) in [6.07, 6.45) is 51.3. The van der Waals surface area contributed by atoms with E-state index in [9.17, 15) is 19.0 Å². The number of phosphoric acid groups is 1. The van der Waals surface area contributed by atoms with Gasteiger partial charge in [0.25, 0.3) is 7.82 Å². The lowest BCUT2D eigenvalue weighted by atomic mass is 10.0. The average Bonchev–Trinajstić information content (AvgIpc) is 3.26. The maximum absolute atomic E-state index is 13.4. The Morgan fingerprint density at radius 1 is 0.523 bits per heavy atom. The number of rotatable bonds is 50. The first-order valence-electron chi connectivity index (χ1n) is 27.6. The molecule has 3 atom stereocenters. The largest absolute Gasteiger partial charge is 0.756 e. The van der Waals surface area contributed by atoms with Crippen LogP contribution in [0.4, 0.5) is 0 Å². The highest BCUT2D eigenvalue weighted by Crippen LogP contribution is 2.38. The minimum Gasteiger partial charge on any atom is -0.756 e. The number of amides is 1. The van der Waals surface area contributed by atoms with Crippen LogP contribution in [0.15, 0.2) is 24.3 Å². The zero-order valence-electron chi connectivity index (χ0n) is 43.7. The Kier molecular flexibility index (Phi) is 45.2. The van der Waals surface area contributed by atoms with Gasteiger partial charge in [0, 0.05) is 12.8 Å². The Balaban J connectivity index is 5.42. The van der Waals surface area contributed by atoms with E-state index in [2.05, 4.69) is 38.2 Å². The molecule has 384 valence electrons. The first-order chi connectivity index (χ1) is 31.4. The van der Waals surface area contributed by atoms with E-state index in [-0.39, 0.29) is 31.5 Å². The van der Waals surface area contributed by atoms with Crippen molar-refractivity contribution >= 4 is 19.7 Å². The number of nitrogens with one attached hydrogen (secondary N) is 1. The maximum atomic E-state index is 13.4. The van der Waals surface area contributed by atoms with E-state index >= 15 is 0 Å². The van der Waals surface area contributed by atoms with Crippen LogP contribution in [0.1, 0.15) is 265 Å². The molecule has 0 saturated carbocycles. The predicted octanol–water partition coefficient (Wildman–Crippen LogP) is 15.6. The van der Waals surface area contributed by atoms with Crippen LogP contribution < -0.4 is 10.2 Å². The molecule has 10 heteroatoms. The van der Waals surface area contributed by atoms with Crippen molar-refractivity contribution in [3.8, 4) is 0 Å². The molecule has 65 heavy (non-hydrogen) atoms. The van der Waals surface area contributed by atoms with E-state index in [1.54, 1.807) is 0 Å². The van der Waals surface area contributed by atoms with Gasteiger partial charge in [0.1, 0.15) is 19.3 Å². The molecule has 1 N–H and O–H groups in total. The predicted molar refractivity (Wildman–Crippen MR) is 275 cm³/mol. The van der Waals surface area contributed by atoms with Gasteiger partial charge in [-0.05, 0) is 57.4 Å². The molecule has 0 fully saturated rings. The molecule has 0 spiro atoms. The van der Waals surface area contributed by atoms with Crippen LogP contribution in [0, 0.1) is 0 Å². The van der Waals surface area contributed by atoms with Gasteiger partial charge >= 0.3 is 5.97 Å². The molecule has 3 unspecified atom stereocenters. The van der Waals surface area contributed by atoms with E-state index < -0.39 is 20.0 Å². The molecule has 0 aliphatic rings. The fraction of sp³-hybridized carbons (Fsp3) is 0.891. The van der Waals surface area contributed by atoms with Gasteiger partial charge < -0.3 is 28.5 Å². The molecule has 0 heterocycles. The van der Waals surface area contributed by atoms with Gasteiger partial charge in [-0.1, -0.05) is 219 Å². The summed E-state index contributed by atoms with van der Waals surface area (Å²) in [5, 5.41) is 3.01. The monoisotopic (exact) mass is 939 g/mol. The quantitative estimate of drug-likeness (QED) is 0.0212. The molecular weight excluding hydrogens is 832 g/mol. The third-order valence-corrected chi connectivity index (χ3v) is 13.3. The molecule has 0 aromatic rings. The number of hydrogen-bond acceptors (Lipinski definition) is 7. The fourth-order valence-corrected chi connectivity index (χ4v) is 8.77. The lowest BCUT2D eigenvalue weighted by molar-refractivity contribution is -0.870. The average molecular weight is 939 g/mol. The number of nitrogens with zero attached hydrogens (tertiary/aromatic N) is 1. The molecule has 0 radical (unpaired) electrons. The van der Waals surface area contributed by atoms with Crippen LogP contribution in [0.25, 0.3) is 0 Å². The normalized spacial score (nSPS) is 14.0. The van der Waals surface area contributed by atoms with E-state index in [0.717, 1.165) is 70.6 Å². The van der Waals surface area contributed by atoms with Crippen LogP contribution in [0.3, 0.4) is 0 Å². The zero-order chi connectivity index (χ0) is 48.0. The molecule has 0 aliphatic heterocycles. The van der Waals surface area contributed by atoms with Crippen LogP contribution in [-0.2, 0) is 27.9 Å². The van der Waals surface area contributed by atoms with Crippen LogP contribution in [-0.4, -0.2) is 69.4 Å². The molecule has 0 rings (SSSR count). The Morgan fingerprint density at radius 3 is 1.32 bits per heavy atom. The Morgan fingerprint density at radius 2 is 0.892 bits per heavy atom. The summed E-state index contributed by atoms with van der Waals surface area (Å²) in [5.74, 6) is -0.550. The second-order valence-electron chi connectivity index (χ2n) is 20.1. The summed E-state index contributed by atoms with van der Waals surface area (Å²) in [6, 6.07) is -0.888. The zero-order valence-corrected chi connectivity index (χ0v) is 44.6. The van der Waals surface area contributed by atoms with E-state index in [1.807, 2.05) is 33.3 Å². The number of quaternary nitrogens is 1. The second kappa shape index (κ2) is 46.2. The fourth-order valence-electron chi connectivity index (χ4n) is 8.05. The molecule has 1 amide bonds. The summed E-state index contributed by atoms with van der Waals surface area (Å²) in [5.41, 5.74) is 0. The van der Waals surface area contributed by atoms with Crippen molar-refractivity contribution in [2.45, 2.75) is 277 Å². The topological polar surface area (TPSA) is 114 Å². The van der Waals surface area contributed by atoms with Gasteiger partial charge in [0.15, 0.2) is 0 Å². The number of ether oxygens (including phenoxy) is 1. The standard InChI is InChI=1S/C55H107N2O7P/c1-7-10-13-16-19-22-25-28-31-34-37-40-43-46-53(64-55(59)48-45-42-39-36-33-30-27-24-21-18-15-12-9-3)52(51-63-65(60,61)62-50-49-57(4,5)6)56-54(58)47-44-41-38-35-32-29-26-23-20-17-14-11-8-2/h29,32,43,46,52-53H,7-28,30-31,33-42,44-45,47-51H2,1-6H3,(H-,56,58,60,61)/b32-29-,46-43+. The first-order valence-corrected chi connectivity index (χ1v) is 29.1. The number of carbonyl (C=O) groups excluding carboxylic acids is 2. The summed E-state index contributed by atoms with van der Waals surface area (Å²) >= 11 is 0.